The Kier molecular flexibility index (Phi) is 3.83. The van der Waals surface area contributed by atoms with Crippen molar-refractivity contribution in [1.82, 2.24) is 0 Å². The molecule has 1 heterocycles. The number of esters is 1. The Morgan fingerprint density at radius 3 is 2.39 bits per heavy atom. The summed E-state index contributed by atoms with van der Waals surface area (Å²) in [6, 6.07) is 0. The highest BCUT2D eigenvalue weighted by molar-refractivity contribution is 8.20. The van der Waals surface area contributed by atoms with Gasteiger partial charge in [0.25, 0.3) is 0 Å². The largest absolute Gasteiger partial charge is 0.459 e. The van der Waals surface area contributed by atoms with Gasteiger partial charge in [-0.1, -0.05) is 20.8 Å². The molecule has 0 bridgehead atoms. The molecule has 2 saturated carbocycles. The van der Waals surface area contributed by atoms with Gasteiger partial charge in [-0.2, -0.15) is 0 Å². The molecule has 0 aromatic carbocycles. The lowest BCUT2D eigenvalue weighted by Crippen LogP contribution is -2.57. The first kappa shape index (κ1) is 17.4. The second-order valence-corrected chi connectivity index (χ2v) is 10.4. The summed E-state index contributed by atoms with van der Waals surface area (Å²) in [5, 5.41) is 0. The molecule has 0 spiro atoms. The fourth-order valence-electron chi connectivity index (χ4n) is 6.45. The first-order valence-corrected chi connectivity index (χ1v) is 9.98. The monoisotopic (exact) mass is 352 g/mol. The summed E-state index contributed by atoms with van der Waals surface area (Å²) in [4.78, 5) is 11.9. The number of ether oxygens (including phenoxy) is 1. The van der Waals surface area contributed by atoms with Crippen molar-refractivity contribution >= 4 is 17.2 Å². The van der Waals surface area contributed by atoms with Crippen molar-refractivity contribution in [1.29, 1.82) is 0 Å². The van der Waals surface area contributed by atoms with Gasteiger partial charge in [0.1, 0.15) is 5.60 Å². The van der Waals surface area contributed by atoms with E-state index < -0.39 is 22.5 Å². The standard InChI is InChI=1S/C17H27F3O2S/c1-15(2)8-11(10-23(18,19)20)9-16(3)12(15)5-6-17(4)13(16)7-14(21)22-17/h11-13H,5-10H2,1-4H3/t11-,12?,13+,16-,17+/m0/s1. The molecule has 23 heavy (non-hydrogen) atoms. The average molecular weight is 352 g/mol. The van der Waals surface area contributed by atoms with Crippen molar-refractivity contribution in [2.45, 2.75) is 65.4 Å². The first-order valence-electron chi connectivity index (χ1n) is 8.47. The molecule has 2 nitrogen and oxygen atoms in total. The number of carbonyl (C=O) groups excluding carboxylic acids is 1. The van der Waals surface area contributed by atoms with Crippen molar-refractivity contribution in [3.8, 4) is 0 Å². The summed E-state index contributed by atoms with van der Waals surface area (Å²) >= 11 is -4.98. The number of hydrogen-bond donors (Lipinski definition) is 0. The van der Waals surface area contributed by atoms with E-state index >= 15 is 0 Å². The van der Waals surface area contributed by atoms with E-state index in [-0.39, 0.29) is 28.6 Å². The van der Waals surface area contributed by atoms with Gasteiger partial charge in [0.05, 0.1) is 12.2 Å². The molecular weight excluding hydrogens is 325 g/mol. The zero-order valence-electron chi connectivity index (χ0n) is 14.3. The molecule has 0 N–H and O–H groups in total. The highest BCUT2D eigenvalue weighted by atomic mass is 32.3. The molecule has 6 heteroatoms. The number of carbonyl (C=O) groups is 1. The number of fused-ring (bicyclic) bond motifs is 3. The van der Waals surface area contributed by atoms with Gasteiger partial charge in [0.15, 0.2) is 0 Å². The zero-order valence-corrected chi connectivity index (χ0v) is 15.1. The molecule has 0 radical (unpaired) electrons. The van der Waals surface area contributed by atoms with Gasteiger partial charge in [0, 0.05) is 5.92 Å². The topological polar surface area (TPSA) is 26.3 Å². The Hall–Kier alpha value is -0.390. The summed E-state index contributed by atoms with van der Waals surface area (Å²) < 4.78 is 44.8. The van der Waals surface area contributed by atoms with E-state index in [2.05, 4.69) is 20.8 Å². The molecule has 3 rings (SSSR count). The van der Waals surface area contributed by atoms with Crippen LogP contribution in [0, 0.1) is 28.6 Å². The van der Waals surface area contributed by atoms with E-state index in [1.165, 1.54) is 0 Å². The maximum atomic E-state index is 13.1. The third kappa shape index (κ3) is 2.89. The normalized spacial score (nSPS) is 46.7. The number of rotatable bonds is 2. The van der Waals surface area contributed by atoms with Crippen LogP contribution in [0.15, 0.2) is 0 Å². The van der Waals surface area contributed by atoms with E-state index in [4.69, 9.17) is 4.74 Å². The fourth-order valence-corrected chi connectivity index (χ4v) is 7.22. The molecular formula is C17H27F3O2S. The van der Waals surface area contributed by atoms with Crippen LogP contribution in [0.2, 0.25) is 0 Å². The Morgan fingerprint density at radius 1 is 1.13 bits per heavy atom. The van der Waals surface area contributed by atoms with Crippen molar-refractivity contribution in [2.24, 2.45) is 28.6 Å². The highest BCUT2D eigenvalue weighted by Crippen LogP contribution is 2.67. The van der Waals surface area contributed by atoms with Crippen molar-refractivity contribution in [3.05, 3.63) is 0 Å². The molecule has 1 aliphatic heterocycles. The van der Waals surface area contributed by atoms with E-state index in [1.54, 1.807) is 0 Å². The van der Waals surface area contributed by atoms with Gasteiger partial charge in [-0.25, -0.2) is 0 Å². The van der Waals surface area contributed by atoms with Gasteiger partial charge in [-0.15, -0.1) is 11.7 Å². The third-order valence-corrected chi connectivity index (χ3v) is 7.74. The van der Waals surface area contributed by atoms with E-state index in [0.29, 0.717) is 25.2 Å². The minimum Gasteiger partial charge on any atom is -0.459 e. The molecule has 0 aromatic heterocycles. The summed E-state index contributed by atoms with van der Waals surface area (Å²) in [5.74, 6) is -0.717. The van der Waals surface area contributed by atoms with Gasteiger partial charge in [-0.3, -0.25) is 4.79 Å². The van der Waals surface area contributed by atoms with Crippen LogP contribution in [-0.4, -0.2) is 17.3 Å². The van der Waals surface area contributed by atoms with Crippen molar-refractivity contribution in [2.75, 3.05) is 5.75 Å². The maximum Gasteiger partial charge on any atom is 0.306 e. The molecule has 0 amide bonds. The quantitative estimate of drug-likeness (QED) is 0.603. The summed E-state index contributed by atoms with van der Waals surface area (Å²) in [6.07, 6.45) is 3.35. The predicted octanol–water partition coefficient (Wildman–Crippen LogP) is 5.62. The van der Waals surface area contributed by atoms with E-state index in [1.807, 2.05) is 6.92 Å². The van der Waals surface area contributed by atoms with Gasteiger partial charge in [-0.05, 0) is 55.3 Å². The SMILES string of the molecule is CC1(C)C[C@H](CS(F)(F)F)C[C@@]2(C)C1CC[C@@]1(C)OC(=O)C[C@@H]12. The number of halogens is 3. The second kappa shape index (κ2) is 5.06. The Bertz CT molecular complexity index is 518. The van der Waals surface area contributed by atoms with Crippen LogP contribution in [0.3, 0.4) is 0 Å². The van der Waals surface area contributed by atoms with Crippen molar-refractivity contribution < 1.29 is 21.2 Å². The molecule has 5 atom stereocenters. The van der Waals surface area contributed by atoms with Gasteiger partial charge >= 0.3 is 5.97 Å². The average Bonchev–Trinajstić information content (AvgIpc) is 2.61. The second-order valence-electron chi connectivity index (χ2n) is 9.07. The lowest BCUT2D eigenvalue weighted by atomic mass is 9.44. The molecule has 134 valence electrons. The predicted molar refractivity (Wildman–Crippen MR) is 85.7 cm³/mol. The molecule has 2 aliphatic carbocycles. The van der Waals surface area contributed by atoms with Gasteiger partial charge in [0.2, 0.25) is 11.2 Å². The van der Waals surface area contributed by atoms with E-state index in [9.17, 15) is 16.5 Å². The fraction of sp³-hybridized carbons (Fsp3) is 0.941. The third-order valence-electron chi connectivity index (χ3n) is 6.89. The molecule has 1 saturated heterocycles. The lowest BCUT2D eigenvalue weighted by Gasteiger charge is -2.61. The van der Waals surface area contributed by atoms with Crippen molar-refractivity contribution in [3.63, 3.8) is 0 Å². The number of hydrogen-bond acceptors (Lipinski definition) is 2. The molecule has 3 aliphatic rings. The molecule has 3 fully saturated rings. The summed E-state index contributed by atoms with van der Waals surface area (Å²) in [5.41, 5.74) is -0.836. The lowest BCUT2D eigenvalue weighted by molar-refractivity contribution is -0.169. The van der Waals surface area contributed by atoms with Crippen LogP contribution >= 0.6 is 11.2 Å². The first-order chi connectivity index (χ1) is 10.4. The van der Waals surface area contributed by atoms with Gasteiger partial charge < -0.3 is 4.74 Å². The summed E-state index contributed by atoms with van der Waals surface area (Å²) in [6.45, 7) is 8.35. The van der Waals surface area contributed by atoms with Crippen LogP contribution in [0.25, 0.3) is 0 Å². The van der Waals surface area contributed by atoms with E-state index in [0.717, 1.165) is 12.8 Å². The smallest absolute Gasteiger partial charge is 0.306 e. The minimum atomic E-state index is -4.98. The van der Waals surface area contributed by atoms with Crippen LogP contribution in [0.4, 0.5) is 11.7 Å². The molecule has 0 aromatic rings. The van der Waals surface area contributed by atoms with Crippen LogP contribution in [-0.2, 0) is 9.53 Å². The highest BCUT2D eigenvalue weighted by Gasteiger charge is 2.64. The Balaban J connectivity index is 1.94. The Labute approximate surface area is 138 Å². The minimum absolute atomic E-state index is 0.0477. The van der Waals surface area contributed by atoms with Crippen LogP contribution in [0.1, 0.15) is 59.8 Å². The zero-order chi connectivity index (χ0) is 17.3. The van der Waals surface area contributed by atoms with Crippen LogP contribution < -0.4 is 0 Å². The Morgan fingerprint density at radius 2 is 1.78 bits per heavy atom. The molecule has 1 unspecified atom stereocenters. The summed E-state index contributed by atoms with van der Waals surface area (Å²) in [7, 11) is 0. The maximum absolute atomic E-state index is 13.1. The van der Waals surface area contributed by atoms with Crippen LogP contribution in [0.5, 0.6) is 0 Å².